The van der Waals surface area contributed by atoms with E-state index in [0.29, 0.717) is 32.1 Å². The van der Waals surface area contributed by atoms with Crippen molar-refractivity contribution in [2.24, 2.45) is 0 Å². The number of unbranched alkanes of at least 4 members (excludes halogenated alkanes) is 14. The Balaban J connectivity index is 4.16. The van der Waals surface area contributed by atoms with E-state index in [1.807, 2.05) is 12.2 Å². The molecular weight excluding hydrogens is 683 g/mol. The minimum Gasteiger partial charge on any atom is -0.462 e. The summed E-state index contributed by atoms with van der Waals surface area (Å²) in [6.07, 6.45) is 35.8. The van der Waals surface area contributed by atoms with E-state index in [0.717, 1.165) is 57.8 Å². The van der Waals surface area contributed by atoms with Gasteiger partial charge in [-0.05, 0) is 70.6 Å². The summed E-state index contributed by atoms with van der Waals surface area (Å²) in [4.78, 5) is 42.8. The standard InChI is InChI=1S/C41H73O10P/c1-3-5-7-9-11-12-13-14-15-16-17-18-19-20-21-25-29-33-40(44)49-35-37(36-50-52(46,47)48)51-41(45)34-30-26-22-24-28-32-39(43)38(42)31-27-23-10-8-6-4-2/h14-15,17-18,20-21,23,27,37-39,42-43H,3-13,16,19,22,24-26,28-36H2,1-2H3,(H2,46,47,48)/b15-14-,18-17-,21-20-,27-23-/t37-,38+,39+/m1/s1. The topological polar surface area (TPSA) is 160 Å². The summed E-state index contributed by atoms with van der Waals surface area (Å²) in [6, 6.07) is 0. The Kier molecular flexibility index (Phi) is 34.5. The van der Waals surface area contributed by atoms with Gasteiger partial charge in [0, 0.05) is 12.8 Å². The Morgan fingerprint density at radius 3 is 1.73 bits per heavy atom. The number of phosphoric ester groups is 1. The van der Waals surface area contributed by atoms with Crippen LogP contribution in [0.3, 0.4) is 0 Å². The van der Waals surface area contributed by atoms with Crippen LogP contribution in [0.1, 0.15) is 168 Å². The van der Waals surface area contributed by atoms with Gasteiger partial charge in [-0.15, -0.1) is 0 Å². The predicted molar refractivity (Wildman–Crippen MR) is 210 cm³/mol. The maximum atomic E-state index is 12.4. The molecule has 0 radical (unpaired) electrons. The Hall–Kier alpha value is -2.07. The summed E-state index contributed by atoms with van der Waals surface area (Å²) < 4.78 is 26.2. The fourth-order valence-electron chi connectivity index (χ4n) is 5.35. The maximum absolute atomic E-state index is 12.4. The fraction of sp³-hybridized carbons (Fsp3) is 0.756. The van der Waals surface area contributed by atoms with Crippen molar-refractivity contribution < 1.29 is 48.2 Å². The van der Waals surface area contributed by atoms with E-state index in [-0.39, 0.29) is 19.4 Å². The Bertz CT molecular complexity index is 1020. The van der Waals surface area contributed by atoms with E-state index in [9.17, 15) is 24.4 Å². The zero-order valence-corrected chi connectivity index (χ0v) is 33.3. The number of carbonyl (C=O) groups is 2. The summed E-state index contributed by atoms with van der Waals surface area (Å²) in [7, 11) is -4.80. The molecule has 0 bridgehead atoms. The smallest absolute Gasteiger partial charge is 0.462 e. The lowest BCUT2D eigenvalue weighted by Crippen LogP contribution is -2.29. The van der Waals surface area contributed by atoms with E-state index >= 15 is 0 Å². The van der Waals surface area contributed by atoms with Gasteiger partial charge in [0.15, 0.2) is 6.10 Å². The van der Waals surface area contributed by atoms with E-state index < -0.39 is 44.7 Å². The first-order valence-electron chi connectivity index (χ1n) is 20.1. The average molecular weight is 757 g/mol. The summed E-state index contributed by atoms with van der Waals surface area (Å²) in [5.74, 6) is -1.06. The molecule has 11 heteroatoms. The lowest BCUT2D eigenvalue weighted by atomic mass is 10.0. The van der Waals surface area contributed by atoms with Gasteiger partial charge in [0.1, 0.15) is 6.61 Å². The second-order valence-electron chi connectivity index (χ2n) is 13.6. The number of phosphoric acid groups is 1. The SMILES string of the molecule is CCCCC/C=C\C[C@H](O)[C@@H](O)CCCCCCCC(=O)O[C@H](COC(=O)CCC/C=C\C/C=C\C/C=C\CCCCCCCC)COP(=O)(O)O. The van der Waals surface area contributed by atoms with Gasteiger partial charge in [-0.1, -0.05) is 133 Å². The molecule has 0 spiro atoms. The van der Waals surface area contributed by atoms with Gasteiger partial charge in [-0.25, -0.2) is 4.57 Å². The zero-order chi connectivity index (χ0) is 38.5. The number of aliphatic hydroxyl groups is 2. The highest BCUT2D eigenvalue weighted by molar-refractivity contribution is 7.46. The van der Waals surface area contributed by atoms with Crippen molar-refractivity contribution >= 4 is 19.8 Å². The molecule has 0 rings (SSSR count). The van der Waals surface area contributed by atoms with Crippen molar-refractivity contribution in [1.82, 2.24) is 0 Å². The van der Waals surface area contributed by atoms with Gasteiger partial charge < -0.3 is 29.5 Å². The zero-order valence-electron chi connectivity index (χ0n) is 32.4. The lowest BCUT2D eigenvalue weighted by Gasteiger charge is -2.18. The van der Waals surface area contributed by atoms with Crippen LogP contribution in [0.15, 0.2) is 48.6 Å². The van der Waals surface area contributed by atoms with E-state index in [2.05, 4.69) is 54.8 Å². The average Bonchev–Trinajstić information content (AvgIpc) is 3.11. The normalized spacial score (nSPS) is 14.2. The first-order chi connectivity index (χ1) is 25.1. The molecule has 4 N–H and O–H groups in total. The van der Waals surface area contributed by atoms with Gasteiger partial charge in [-0.3, -0.25) is 14.1 Å². The summed E-state index contributed by atoms with van der Waals surface area (Å²) in [6.45, 7) is 3.44. The molecule has 10 nitrogen and oxygen atoms in total. The number of hydrogen-bond donors (Lipinski definition) is 4. The number of ether oxygens (including phenoxy) is 2. The highest BCUT2D eigenvalue weighted by Gasteiger charge is 2.23. The Morgan fingerprint density at radius 1 is 0.577 bits per heavy atom. The monoisotopic (exact) mass is 756 g/mol. The second kappa shape index (κ2) is 35.9. The van der Waals surface area contributed by atoms with Crippen LogP contribution in [-0.2, 0) is 28.2 Å². The van der Waals surface area contributed by atoms with Crippen molar-refractivity contribution in [3.05, 3.63) is 48.6 Å². The van der Waals surface area contributed by atoms with Crippen LogP contribution in [0, 0.1) is 0 Å². The number of carbonyl (C=O) groups excluding carboxylic acids is 2. The van der Waals surface area contributed by atoms with Gasteiger partial charge in [0.25, 0.3) is 0 Å². The first kappa shape index (κ1) is 49.9. The molecule has 52 heavy (non-hydrogen) atoms. The molecule has 0 aliphatic carbocycles. The largest absolute Gasteiger partial charge is 0.469 e. The molecule has 0 heterocycles. The number of allylic oxidation sites excluding steroid dienone is 7. The lowest BCUT2D eigenvalue weighted by molar-refractivity contribution is -0.161. The first-order valence-corrected chi connectivity index (χ1v) is 21.6. The number of esters is 2. The molecule has 0 aromatic heterocycles. The Morgan fingerprint density at radius 2 is 1.08 bits per heavy atom. The maximum Gasteiger partial charge on any atom is 0.469 e. The van der Waals surface area contributed by atoms with Crippen LogP contribution in [0.2, 0.25) is 0 Å². The number of rotatable bonds is 36. The van der Waals surface area contributed by atoms with Crippen LogP contribution < -0.4 is 0 Å². The van der Waals surface area contributed by atoms with Crippen LogP contribution in [-0.4, -0.2) is 63.5 Å². The summed E-state index contributed by atoms with van der Waals surface area (Å²) >= 11 is 0. The molecule has 302 valence electrons. The number of hydrogen-bond acceptors (Lipinski definition) is 8. The van der Waals surface area contributed by atoms with Gasteiger partial charge in [0.2, 0.25) is 0 Å². The van der Waals surface area contributed by atoms with Crippen LogP contribution in [0.25, 0.3) is 0 Å². The van der Waals surface area contributed by atoms with E-state index in [4.69, 9.17) is 19.3 Å². The van der Waals surface area contributed by atoms with E-state index in [1.54, 1.807) is 0 Å². The molecule has 0 unspecified atom stereocenters. The molecule has 0 saturated carbocycles. The highest BCUT2D eigenvalue weighted by atomic mass is 31.2. The summed E-state index contributed by atoms with van der Waals surface area (Å²) in [5.41, 5.74) is 0. The third kappa shape index (κ3) is 36.3. The van der Waals surface area contributed by atoms with Gasteiger partial charge in [-0.2, -0.15) is 0 Å². The quantitative estimate of drug-likeness (QED) is 0.0210. The highest BCUT2D eigenvalue weighted by Crippen LogP contribution is 2.36. The van der Waals surface area contributed by atoms with Crippen LogP contribution in [0.4, 0.5) is 0 Å². The van der Waals surface area contributed by atoms with Crippen LogP contribution >= 0.6 is 7.82 Å². The minimum atomic E-state index is -4.80. The van der Waals surface area contributed by atoms with E-state index in [1.165, 1.54) is 51.4 Å². The predicted octanol–water partition coefficient (Wildman–Crippen LogP) is 9.90. The molecule has 0 aliphatic rings. The van der Waals surface area contributed by atoms with Crippen molar-refractivity contribution in [3.63, 3.8) is 0 Å². The number of aliphatic hydroxyl groups excluding tert-OH is 2. The fourth-order valence-corrected chi connectivity index (χ4v) is 5.71. The molecule has 0 aliphatic heterocycles. The molecule has 0 fully saturated rings. The van der Waals surface area contributed by atoms with Gasteiger partial charge in [0.05, 0.1) is 18.8 Å². The molecule has 0 aromatic rings. The second-order valence-corrected chi connectivity index (χ2v) is 14.8. The third-order valence-corrected chi connectivity index (χ3v) is 9.01. The molecule has 3 atom stereocenters. The van der Waals surface area contributed by atoms with Crippen LogP contribution in [0.5, 0.6) is 0 Å². The van der Waals surface area contributed by atoms with Crippen molar-refractivity contribution in [3.8, 4) is 0 Å². The minimum absolute atomic E-state index is 0.101. The molecule has 0 saturated heterocycles. The summed E-state index contributed by atoms with van der Waals surface area (Å²) in [5, 5.41) is 20.3. The molecular formula is C41H73O10P. The van der Waals surface area contributed by atoms with Gasteiger partial charge >= 0.3 is 19.8 Å². The molecule has 0 amide bonds. The van der Waals surface area contributed by atoms with Crippen molar-refractivity contribution in [2.75, 3.05) is 13.2 Å². The van der Waals surface area contributed by atoms with Crippen molar-refractivity contribution in [1.29, 1.82) is 0 Å². The van der Waals surface area contributed by atoms with Crippen molar-refractivity contribution in [2.45, 2.75) is 186 Å². The third-order valence-electron chi connectivity index (χ3n) is 8.52. The molecule has 0 aromatic carbocycles. The Labute approximate surface area is 315 Å².